The van der Waals surface area contributed by atoms with Crippen molar-refractivity contribution in [2.75, 3.05) is 11.1 Å². The Morgan fingerprint density at radius 2 is 1.76 bits per heavy atom. The van der Waals surface area contributed by atoms with E-state index in [0.717, 1.165) is 28.8 Å². The fourth-order valence-corrected chi connectivity index (χ4v) is 4.64. The number of aryl methyl sites for hydroxylation is 3. The Kier molecular flexibility index (Phi) is 7.94. The summed E-state index contributed by atoms with van der Waals surface area (Å²) in [5.41, 5.74) is 11.6. The second-order valence-corrected chi connectivity index (χ2v) is 9.22. The SMILES string of the molecule is CCc1ccc(-c2c(C#N)c(N)nc(SC(CC)C(=O)Nc3cc(C)ccc3C)c2C#N)cc1. The van der Waals surface area contributed by atoms with E-state index in [1.807, 2.05) is 63.2 Å². The van der Waals surface area contributed by atoms with Gasteiger partial charge in [0.15, 0.2) is 0 Å². The van der Waals surface area contributed by atoms with Gasteiger partial charge in [-0.2, -0.15) is 10.5 Å². The van der Waals surface area contributed by atoms with Crippen LogP contribution in [-0.4, -0.2) is 16.1 Å². The number of carbonyl (C=O) groups excluding carboxylic acids is 1. The van der Waals surface area contributed by atoms with Gasteiger partial charge in [0.1, 0.15) is 28.5 Å². The summed E-state index contributed by atoms with van der Waals surface area (Å²) >= 11 is 1.19. The van der Waals surface area contributed by atoms with Crippen LogP contribution in [0, 0.1) is 36.5 Å². The maximum absolute atomic E-state index is 13.1. The fraction of sp³-hybridized carbons (Fsp3) is 0.259. The number of anilines is 2. The highest BCUT2D eigenvalue weighted by Crippen LogP contribution is 2.38. The maximum atomic E-state index is 13.1. The molecular weight excluding hydrogens is 442 g/mol. The monoisotopic (exact) mass is 469 g/mol. The lowest BCUT2D eigenvalue weighted by molar-refractivity contribution is -0.115. The van der Waals surface area contributed by atoms with Gasteiger partial charge < -0.3 is 11.1 Å². The first-order chi connectivity index (χ1) is 16.3. The Hall–Kier alpha value is -3.81. The first-order valence-corrected chi connectivity index (χ1v) is 12.0. The highest BCUT2D eigenvalue weighted by molar-refractivity contribution is 8.00. The summed E-state index contributed by atoms with van der Waals surface area (Å²) in [4.78, 5) is 17.5. The molecule has 0 bridgehead atoms. The predicted molar refractivity (Wildman–Crippen MR) is 137 cm³/mol. The molecule has 34 heavy (non-hydrogen) atoms. The topological polar surface area (TPSA) is 116 Å². The molecule has 3 aromatic rings. The van der Waals surface area contributed by atoms with Crippen molar-refractivity contribution in [3.63, 3.8) is 0 Å². The van der Waals surface area contributed by atoms with Gasteiger partial charge in [-0.05, 0) is 55.0 Å². The Labute approximate surface area is 204 Å². The van der Waals surface area contributed by atoms with Gasteiger partial charge in [0.05, 0.1) is 10.8 Å². The van der Waals surface area contributed by atoms with Crippen LogP contribution in [0.15, 0.2) is 47.5 Å². The third-order valence-electron chi connectivity index (χ3n) is 5.63. The van der Waals surface area contributed by atoms with Crippen molar-refractivity contribution in [2.24, 2.45) is 0 Å². The van der Waals surface area contributed by atoms with Crippen molar-refractivity contribution < 1.29 is 4.79 Å². The van der Waals surface area contributed by atoms with Gasteiger partial charge in [0.2, 0.25) is 5.91 Å². The predicted octanol–water partition coefficient (Wildman–Crippen LogP) is 5.76. The summed E-state index contributed by atoms with van der Waals surface area (Å²) in [5.74, 6) is -0.132. The number of carbonyl (C=O) groups is 1. The van der Waals surface area contributed by atoms with Crippen molar-refractivity contribution >= 4 is 29.2 Å². The lowest BCUT2D eigenvalue weighted by Gasteiger charge is -2.18. The minimum atomic E-state index is -0.498. The third-order valence-corrected chi connectivity index (χ3v) is 6.99. The third kappa shape index (κ3) is 5.22. The zero-order chi connectivity index (χ0) is 24.8. The summed E-state index contributed by atoms with van der Waals surface area (Å²) in [6.45, 7) is 7.88. The van der Waals surface area contributed by atoms with E-state index in [2.05, 4.69) is 29.4 Å². The van der Waals surface area contributed by atoms with E-state index in [9.17, 15) is 15.3 Å². The fourth-order valence-electron chi connectivity index (χ4n) is 3.62. The summed E-state index contributed by atoms with van der Waals surface area (Å²) in [6.07, 6.45) is 1.40. The summed E-state index contributed by atoms with van der Waals surface area (Å²) in [5, 5.41) is 22.6. The molecule has 0 radical (unpaired) electrons. The van der Waals surface area contributed by atoms with E-state index in [-0.39, 0.29) is 22.9 Å². The molecule has 0 aliphatic heterocycles. The van der Waals surface area contributed by atoms with Gasteiger partial charge in [-0.1, -0.05) is 62.0 Å². The van der Waals surface area contributed by atoms with Crippen molar-refractivity contribution in [3.05, 3.63) is 70.3 Å². The number of nitrogen functional groups attached to an aromatic ring is 1. The van der Waals surface area contributed by atoms with Crippen LogP contribution in [0.2, 0.25) is 0 Å². The molecule has 1 heterocycles. The van der Waals surface area contributed by atoms with Gasteiger partial charge in [0, 0.05) is 11.3 Å². The number of nitrogens with one attached hydrogen (secondary N) is 1. The van der Waals surface area contributed by atoms with E-state index in [1.165, 1.54) is 11.8 Å². The molecular formula is C27H27N5OS. The van der Waals surface area contributed by atoms with Crippen molar-refractivity contribution in [2.45, 2.75) is 50.8 Å². The molecule has 3 rings (SSSR count). The van der Waals surface area contributed by atoms with Gasteiger partial charge in [-0.15, -0.1) is 0 Å². The van der Waals surface area contributed by atoms with Crippen molar-refractivity contribution in [1.29, 1.82) is 10.5 Å². The quantitative estimate of drug-likeness (QED) is 0.425. The number of hydrogen-bond donors (Lipinski definition) is 2. The second-order valence-electron chi connectivity index (χ2n) is 8.02. The van der Waals surface area contributed by atoms with E-state index < -0.39 is 5.25 Å². The zero-order valence-corrected chi connectivity index (χ0v) is 20.6. The maximum Gasteiger partial charge on any atom is 0.237 e. The van der Waals surface area contributed by atoms with Crippen molar-refractivity contribution in [3.8, 4) is 23.3 Å². The average Bonchev–Trinajstić information content (AvgIpc) is 2.84. The minimum absolute atomic E-state index is 0.0448. The molecule has 1 aromatic heterocycles. The zero-order valence-electron chi connectivity index (χ0n) is 19.8. The van der Waals surface area contributed by atoms with Gasteiger partial charge in [0.25, 0.3) is 0 Å². The van der Waals surface area contributed by atoms with E-state index in [4.69, 9.17) is 5.73 Å². The summed E-state index contributed by atoms with van der Waals surface area (Å²) in [7, 11) is 0. The second kappa shape index (κ2) is 10.9. The normalized spacial score (nSPS) is 11.4. The van der Waals surface area contributed by atoms with Crippen LogP contribution in [0.25, 0.3) is 11.1 Å². The summed E-state index contributed by atoms with van der Waals surface area (Å²) in [6, 6.07) is 17.9. The molecule has 7 heteroatoms. The molecule has 6 nitrogen and oxygen atoms in total. The number of hydrogen-bond acceptors (Lipinski definition) is 6. The Balaban J connectivity index is 2.02. The molecule has 1 unspecified atom stereocenters. The van der Waals surface area contributed by atoms with Crippen LogP contribution >= 0.6 is 11.8 Å². The number of thioether (sulfide) groups is 1. The molecule has 0 saturated carbocycles. The number of rotatable bonds is 7. The van der Waals surface area contributed by atoms with Crippen molar-refractivity contribution in [1.82, 2.24) is 4.98 Å². The van der Waals surface area contributed by atoms with Crippen LogP contribution in [0.3, 0.4) is 0 Å². The number of pyridine rings is 1. The standard InChI is InChI=1S/C27H27N5OS/c1-5-18-9-11-19(12-10-18)24-20(14-28)25(30)32-27(21(24)15-29)34-23(6-2)26(33)31-22-13-16(3)7-8-17(22)4/h7-13,23H,5-6H2,1-4H3,(H2,30,32)(H,31,33). The molecule has 3 N–H and O–H groups in total. The van der Waals surface area contributed by atoms with Crippen LogP contribution in [-0.2, 0) is 11.2 Å². The molecule has 0 aliphatic rings. The molecule has 0 aliphatic carbocycles. The summed E-state index contributed by atoms with van der Waals surface area (Å²) < 4.78 is 0. The first kappa shape index (κ1) is 24.8. The molecule has 2 aromatic carbocycles. The number of nitrogens with zero attached hydrogens (tertiary/aromatic N) is 3. The number of nitrogens with two attached hydrogens (primary N) is 1. The van der Waals surface area contributed by atoms with E-state index in [1.54, 1.807) is 0 Å². The number of aromatic nitrogens is 1. The molecule has 0 spiro atoms. The van der Waals surface area contributed by atoms with E-state index >= 15 is 0 Å². The number of nitriles is 2. The van der Waals surface area contributed by atoms with Gasteiger partial charge >= 0.3 is 0 Å². The largest absolute Gasteiger partial charge is 0.383 e. The molecule has 172 valence electrons. The average molecular weight is 470 g/mol. The molecule has 0 fully saturated rings. The Morgan fingerprint density at radius 3 is 2.35 bits per heavy atom. The lowest BCUT2D eigenvalue weighted by atomic mass is 9.96. The molecule has 1 amide bonds. The van der Waals surface area contributed by atoms with Crippen LogP contribution in [0.5, 0.6) is 0 Å². The number of amides is 1. The van der Waals surface area contributed by atoms with Crippen LogP contribution in [0.1, 0.15) is 48.1 Å². The van der Waals surface area contributed by atoms with Gasteiger partial charge in [-0.3, -0.25) is 4.79 Å². The molecule has 1 atom stereocenters. The van der Waals surface area contributed by atoms with Gasteiger partial charge in [-0.25, -0.2) is 4.98 Å². The molecule has 0 saturated heterocycles. The van der Waals surface area contributed by atoms with Crippen LogP contribution in [0.4, 0.5) is 11.5 Å². The Bertz CT molecular complexity index is 1300. The highest BCUT2D eigenvalue weighted by Gasteiger charge is 2.25. The first-order valence-electron chi connectivity index (χ1n) is 11.1. The minimum Gasteiger partial charge on any atom is -0.383 e. The Morgan fingerprint density at radius 1 is 1.09 bits per heavy atom. The van der Waals surface area contributed by atoms with Crippen LogP contribution < -0.4 is 11.1 Å². The highest BCUT2D eigenvalue weighted by atomic mass is 32.2. The van der Waals surface area contributed by atoms with E-state index in [0.29, 0.717) is 22.6 Å². The lowest BCUT2D eigenvalue weighted by Crippen LogP contribution is -2.25. The number of benzene rings is 2. The smallest absolute Gasteiger partial charge is 0.237 e.